The molecule has 0 bridgehead atoms. The van der Waals surface area contributed by atoms with Crippen LogP contribution in [-0.2, 0) is 28.2 Å². The fourth-order valence-corrected chi connectivity index (χ4v) is 27.5. The number of aliphatic hydroxyl groups is 2. The Kier molecular flexibility index (Phi) is 40.0. The predicted molar refractivity (Wildman–Crippen MR) is 479 cm³/mol. The second kappa shape index (κ2) is 47.4. The summed E-state index contributed by atoms with van der Waals surface area (Å²) in [4.78, 5) is 65.5. The summed E-state index contributed by atoms with van der Waals surface area (Å²) >= 11 is 0. The number of fused-ring (bicyclic) bond motifs is 10. The number of allylic oxidation sites excluding steroid dienone is 3. The van der Waals surface area contributed by atoms with Crippen molar-refractivity contribution in [2.24, 2.45) is 98.4 Å². The monoisotopic (exact) mass is 1670 g/mol. The first-order valence-corrected chi connectivity index (χ1v) is 49.7. The fourth-order valence-electron chi connectivity index (χ4n) is 25.8. The van der Waals surface area contributed by atoms with E-state index in [0.29, 0.717) is 101 Å². The summed E-state index contributed by atoms with van der Waals surface area (Å²) in [6.07, 6.45) is 46.8. The molecule has 0 aromatic rings. The molecule has 3 heterocycles. The number of aliphatic hydroxyl groups excluding tert-OH is 2. The van der Waals surface area contributed by atoms with Gasteiger partial charge >= 0.3 is 12.2 Å². The summed E-state index contributed by atoms with van der Waals surface area (Å²) in [5.74, 6) is 11.3. The number of carbonyl (C=O) groups excluding carboxylic acids is 4. The smallest absolute Gasteiger partial charge is 0.407 e. The Labute approximate surface area is 719 Å². The molecule has 676 valence electrons. The molecule has 6 saturated carbocycles. The van der Waals surface area contributed by atoms with E-state index >= 15 is 0 Å². The first-order chi connectivity index (χ1) is 56.1. The van der Waals surface area contributed by atoms with Crippen molar-refractivity contribution >= 4 is 38.4 Å². The lowest BCUT2D eigenvalue weighted by Gasteiger charge is -2.58. The highest BCUT2D eigenvalue weighted by Crippen LogP contribution is 2.69. The molecule has 3 saturated heterocycles. The van der Waals surface area contributed by atoms with Crippen LogP contribution in [0.2, 0.25) is 0 Å². The fraction of sp³-hybridized carbons (Fsp3) is 0.898. The molecule has 0 aromatic carbocycles. The molecule has 3 aliphatic heterocycles. The number of carbonyl (C=O) groups is 5. The Balaban J connectivity index is 0.000000209. The van der Waals surface area contributed by atoms with Gasteiger partial charge in [-0.3, -0.25) is 14.4 Å². The first-order valence-electron chi connectivity index (χ1n) is 48.6. The molecule has 5 amide bonds. The number of nitriles is 1. The van der Waals surface area contributed by atoms with Crippen LogP contribution in [-0.4, -0.2) is 165 Å². The van der Waals surface area contributed by atoms with Crippen LogP contribution in [0.3, 0.4) is 0 Å². The van der Waals surface area contributed by atoms with Gasteiger partial charge in [0, 0.05) is 88.6 Å². The van der Waals surface area contributed by atoms with Gasteiger partial charge in [0.05, 0.1) is 37.4 Å². The Morgan fingerprint density at radius 3 is 1.50 bits per heavy atom. The van der Waals surface area contributed by atoms with E-state index in [9.17, 15) is 34.2 Å². The molecule has 19 nitrogen and oxygen atoms in total. The van der Waals surface area contributed by atoms with Crippen molar-refractivity contribution in [2.75, 3.05) is 45.9 Å². The van der Waals surface area contributed by atoms with Crippen LogP contribution < -0.4 is 16.4 Å². The summed E-state index contributed by atoms with van der Waals surface area (Å²) in [6.45, 7) is 43.3. The number of alkyl carbamates (subject to hydrolysis) is 1. The average molecular weight is 1670 g/mol. The maximum Gasteiger partial charge on any atom is 0.407 e. The number of amides is 5. The van der Waals surface area contributed by atoms with Gasteiger partial charge in [-0.2, -0.15) is 5.26 Å². The molecule has 7 unspecified atom stereocenters. The highest BCUT2D eigenvalue weighted by Gasteiger charge is 2.61. The van der Waals surface area contributed by atoms with Gasteiger partial charge < -0.3 is 60.2 Å². The summed E-state index contributed by atoms with van der Waals surface area (Å²) < 4.78 is 20.5. The zero-order valence-electron chi connectivity index (χ0n) is 77.7. The van der Waals surface area contributed by atoms with Gasteiger partial charge in [0.25, 0.3) is 8.53 Å². The SMILES string of the molecule is CC(C)CCC[C@@H](C)[C@H]1CCC2C3CC=C4CCCC[C@]4(C)C3CC[C@@]21C.CC(C)CCC[C@@H](C)[C@H]1CCC2C3CC=C4C[C@@H](OC(=O)NCCCCCC(=O)N5C[C@H](O)C[C@H]5C)CC[C@]4(C)C3CC[C@@]21C.CC(C)N(C(C)C)P(OCCC#N)O[C@@H]1C[C@@H](C)N(C(=O)CCCCCNC(=O)O)C1.C[C@@H]1C[C@@H](O)CN1C(=O)CCCCCN. The van der Waals surface area contributed by atoms with Gasteiger partial charge in [0.15, 0.2) is 0 Å². The molecule has 118 heavy (non-hydrogen) atoms. The summed E-state index contributed by atoms with van der Waals surface area (Å²) in [7, 11) is -1.32. The van der Waals surface area contributed by atoms with Gasteiger partial charge in [0.1, 0.15) is 6.10 Å². The summed E-state index contributed by atoms with van der Waals surface area (Å²) in [6, 6.07) is 3.01. The first kappa shape index (κ1) is 99.5. The molecule has 22 atom stereocenters. The normalized spacial score (nSPS) is 33.4. The van der Waals surface area contributed by atoms with E-state index in [1.165, 1.54) is 128 Å². The number of carboxylic acid groups (broad SMARTS) is 1. The van der Waals surface area contributed by atoms with Crippen molar-refractivity contribution in [1.82, 2.24) is 30.0 Å². The zero-order chi connectivity index (χ0) is 86.2. The standard InChI is InChI=1S/C39H66N2O4.C27H46.C21H39N4O5P.C11H22N2O2/c1-26(2)11-10-12-27(3)33-16-17-34-32-15-14-29-24-31(18-20-38(29,5)35(32)19-21-39(33,34)6)45-37(44)40-22-9-7-8-13-36(43)41-25-30(42)23-28(41)4;1-19(2)9-8-10-20(3)23-14-15-24-22-13-12-21-11-6-7-17-26(21,4)25(22)16-18-27(23,24)5;1-16(2)25(17(3)4)31(29-13-9-11-22)30-19-14-18(5)24(15-19)20(26)10-7-6-8-12-23-21(27)28;1-9-7-10(14)8-13(9)11(15)5-3-2-4-6-12/h14,26-28,30-35,42H,7-13,15-25H2,1-6H3,(H,40,44);12,19-20,22-25H,6-11,13-18H2,1-5H3;16-19,23H,6-10,12-15H2,1-5H3,(H,27,28);9-10,14H,2-8,12H2,1H3/t27-,28-,30-,31+,32?,33-,34?,35?,38+,39-;20-,22?,23-,24?,25?,26+,27-;18-,19-,31?;9-,10-/m1111/s1. The van der Waals surface area contributed by atoms with Crippen molar-refractivity contribution in [3.63, 3.8) is 0 Å². The second-order valence-corrected chi connectivity index (χ2v) is 43.3. The Hall–Kier alpha value is -3.89. The number of β-amino-alcohol motifs (C(OH)–C–C–N with tert-alkyl or cyclic N) is 2. The molecule has 8 aliphatic carbocycles. The third kappa shape index (κ3) is 26.8. The van der Waals surface area contributed by atoms with Crippen molar-refractivity contribution < 1.29 is 53.1 Å². The number of hydrogen-bond acceptors (Lipinski definition) is 13. The summed E-state index contributed by atoms with van der Waals surface area (Å²) in [5.41, 5.74) is 10.8. The van der Waals surface area contributed by atoms with Gasteiger partial charge in [-0.15, -0.1) is 0 Å². The minimum Gasteiger partial charge on any atom is -0.465 e. The van der Waals surface area contributed by atoms with E-state index in [1.807, 2.05) is 36.1 Å². The third-order valence-corrected chi connectivity index (χ3v) is 34.2. The Morgan fingerprint density at radius 2 is 1.03 bits per heavy atom. The van der Waals surface area contributed by atoms with E-state index in [4.69, 9.17) is 29.9 Å². The van der Waals surface area contributed by atoms with Crippen LogP contribution in [0.5, 0.6) is 0 Å². The number of ether oxygens (including phenoxy) is 1. The van der Waals surface area contributed by atoms with E-state index in [-0.39, 0.29) is 83.9 Å². The zero-order valence-corrected chi connectivity index (χ0v) is 78.6. The summed E-state index contributed by atoms with van der Waals surface area (Å²) in [5, 5.41) is 41.9. The van der Waals surface area contributed by atoms with Gasteiger partial charge in [-0.1, -0.05) is 157 Å². The van der Waals surface area contributed by atoms with Gasteiger partial charge in [-0.25, -0.2) is 14.3 Å². The lowest BCUT2D eigenvalue weighted by molar-refractivity contribution is -0.132. The number of rotatable bonds is 36. The molecule has 9 fully saturated rings. The van der Waals surface area contributed by atoms with Crippen molar-refractivity contribution in [2.45, 2.75) is 423 Å². The lowest BCUT2D eigenvalue weighted by Crippen LogP contribution is -2.51. The average Bonchev–Trinajstić information content (AvgIpc) is 1.50. The quantitative estimate of drug-likeness (QED) is 0.0194. The van der Waals surface area contributed by atoms with Crippen LogP contribution >= 0.6 is 8.53 Å². The maximum absolute atomic E-state index is 12.7. The molecular formula is C98H173N8O11P. The predicted octanol–water partition coefficient (Wildman–Crippen LogP) is 21.7. The van der Waals surface area contributed by atoms with Gasteiger partial charge in [0.2, 0.25) is 17.7 Å². The highest BCUT2D eigenvalue weighted by molar-refractivity contribution is 7.44. The molecule has 20 heteroatoms. The molecule has 0 aromatic heterocycles. The van der Waals surface area contributed by atoms with Crippen LogP contribution in [0.4, 0.5) is 9.59 Å². The third-order valence-electron chi connectivity index (χ3n) is 32.0. The minimum atomic E-state index is -1.32. The largest absolute Gasteiger partial charge is 0.465 e. The maximum atomic E-state index is 12.7. The number of hydrogen-bond donors (Lipinski definition) is 6. The molecular weight excluding hydrogens is 1500 g/mol. The molecule has 11 rings (SSSR count). The van der Waals surface area contributed by atoms with E-state index in [0.717, 1.165) is 154 Å². The molecule has 11 aliphatic rings. The van der Waals surface area contributed by atoms with Crippen LogP contribution in [0.15, 0.2) is 23.3 Å². The van der Waals surface area contributed by atoms with Crippen molar-refractivity contribution in [1.29, 1.82) is 5.26 Å². The Morgan fingerprint density at radius 1 is 0.559 bits per heavy atom. The molecule has 0 spiro atoms. The number of nitrogens with one attached hydrogen (secondary N) is 2. The number of unbranched alkanes of at least 4 members (excludes halogenated alkanes) is 6. The van der Waals surface area contributed by atoms with Crippen LogP contribution in [0, 0.1) is 104 Å². The minimum absolute atomic E-state index is 0.0206. The second-order valence-electron chi connectivity index (χ2n) is 41.9. The van der Waals surface area contributed by atoms with Crippen molar-refractivity contribution in [3.05, 3.63) is 23.3 Å². The highest BCUT2D eigenvalue weighted by atomic mass is 31.2. The molecule has 7 N–H and O–H groups in total. The number of likely N-dealkylation sites (tertiary alicyclic amines) is 3. The van der Waals surface area contributed by atoms with E-state index < -0.39 is 14.6 Å². The van der Waals surface area contributed by atoms with E-state index in [1.54, 1.807) is 10.5 Å². The topological polar surface area (TPSA) is 261 Å². The van der Waals surface area contributed by atoms with E-state index in [2.05, 4.69) is 130 Å². The van der Waals surface area contributed by atoms with Crippen LogP contribution in [0.25, 0.3) is 0 Å². The number of nitrogens with two attached hydrogens (primary N) is 1. The Bertz CT molecular complexity index is 3190. The molecule has 0 radical (unpaired) electrons. The number of nitrogens with zero attached hydrogens (tertiary/aromatic N) is 5. The van der Waals surface area contributed by atoms with Gasteiger partial charge in [-0.05, 0) is 302 Å². The van der Waals surface area contributed by atoms with Crippen LogP contribution in [0.1, 0.15) is 368 Å². The lowest BCUT2D eigenvalue weighted by atomic mass is 9.47. The van der Waals surface area contributed by atoms with Crippen molar-refractivity contribution in [3.8, 4) is 6.07 Å².